The molecule has 2 unspecified atom stereocenters. The van der Waals surface area contributed by atoms with Crippen LogP contribution in [0.5, 0.6) is 11.5 Å². The van der Waals surface area contributed by atoms with Crippen LogP contribution in [0.15, 0.2) is 58.7 Å². The van der Waals surface area contributed by atoms with Gasteiger partial charge in [0.2, 0.25) is 0 Å². The van der Waals surface area contributed by atoms with Gasteiger partial charge in [-0.3, -0.25) is 14.4 Å². The summed E-state index contributed by atoms with van der Waals surface area (Å²) in [6.07, 6.45) is 8.17. The van der Waals surface area contributed by atoms with Crippen molar-refractivity contribution in [3.63, 3.8) is 0 Å². The Morgan fingerprint density at radius 2 is 1.48 bits per heavy atom. The van der Waals surface area contributed by atoms with Crippen LogP contribution in [0.2, 0.25) is 0 Å². The summed E-state index contributed by atoms with van der Waals surface area (Å²) >= 11 is 0. The molecule has 6 nitrogen and oxygen atoms in total. The molecule has 0 aromatic heterocycles. The van der Waals surface area contributed by atoms with E-state index in [-0.39, 0.29) is 53.9 Å². The highest BCUT2D eigenvalue weighted by atomic mass is 16.3. The van der Waals surface area contributed by atoms with E-state index >= 15 is 4.79 Å². The second-order valence-electron chi connectivity index (χ2n) is 14.8. The van der Waals surface area contributed by atoms with Crippen LogP contribution in [0, 0.1) is 34.0 Å². The maximum Gasteiger partial charge on any atom is 0.184 e. The first-order chi connectivity index (χ1) is 20.3. The highest BCUT2D eigenvalue weighted by Crippen LogP contribution is 2.66. The number of rotatable bonds is 10. The van der Waals surface area contributed by atoms with Gasteiger partial charge >= 0.3 is 0 Å². The number of phenolic OH excluding ortho intramolecular Hbond substituents is 2. The molecule has 2 aliphatic carbocycles. The molecule has 3 N–H and O–H groups in total. The molecule has 2 aliphatic rings. The maximum atomic E-state index is 15.2. The van der Waals surface area contributed by atoms with Crippen LogP contribution >= 0.6 is 0 Å². The molecular weight excluding hydrogens is 552 g/mol. The standard InChI is InChI=1S/C38H52O6/c1-22(2)11-13-27(25(7)8)20-37-21-28(15-12-23(3)4)36(9,10)38(35(37)44,18-17-24(5)6)34(43)31(33(37)42)32(41)26-14-16-29(39)30(40)19-26/h11-12,14,16-17,19,25,27-28,39-41H,13,15,18,20-21H2,1-10H3/b32-31+/t27?,28?,37-,38+/m1/s1. The Morgan fingerprint density at radius 1 is 0.886 bits per heavy atom. The van der Waals surface area contributed by atoms with E-state index in [0.29, 0.717) is 12.8 Å². The summed E-state index contributed by atoms with van der Waals surface area (Å²) in [5.41, 5.74) is -1.06. The molecule has 1 aromatic rings. The molecule has 2 saturated carbocycles. The molecule has 0 radical (unpaired) electrons. The zero-order valence-corrected chi connectivity index (χ0v) is 28.3. The number of allylic oxidation sites excluding steroid dienone is 7. The van der Waals surface area contributed by atoms with Gasteiger partial charge in [0.1, 0.15) is 16.7 Å². The quantitative estimate of drug-likeness (QED) is 0.0614. The number of phenols is 2. The number of hydrogen-bond acceptors (Lipinski definition) is 6. The number of carbonyl (C=O) groups is 3. The minimum absolute atomic E-state index is 0.0152. The van der Waals surface area contributed by atoms with Gasteiger partial charge in [0.15, 0.2) is 28.8 Å². The molecule has 6 heteroatoms. The molecule has 3 rings (SSSR count). The van der Waals surface area contributed by atoms with Crippen molar-refractivity contribution < 1.29 is 29.7 Å². The largest absolute Gasteiger partial charge is 0.506 e. The molecule has 1 aromatic carbocycles. The number of aliphatic hydroxyl groups excluding tert-OH is 1. The van der Waals surface area contributed by atoms with Gasteiger partial charge in [-0.1, -0.05) is 62.6 Å². The van der Waals surface area contributed by atoms with Gasteiger partial charge < -0.3 is 15.3 Å². The van der Waals surface area contributed by atoms with E-state index in [0.717, 1.165) is 22.8 Å². The zero-order valence-electron chi connectivity index (χ0n) is 28.3. The van der Waals surface area contributed by atoms with Crippen LogP contribution < -0.4 is 0 Å². The Hall–Kier alpha value is -3.41. The van der Waals surface area contributed by atoms with Crippen molar-refractivity contribution in [3.05, 3.63) is 64.3 Å². The number of hydrogen-bond donors (Lipinski definition) is 3. The first-order valence-electron chi connectivity index (χ1n) is 15.8. The van der Waals surface area contributed by atoms with Crippen molar-refractivity contribution in [2.75, 3.05) is 0 Å². The number of aromatic hydroxyl groups is 2. The molecule has 0 aliphatic heterocycles. The molecule has 0 amide bonds. The highest BCUT2D eigenvalue weighted by molar-refractivity contribution is 6.41. The third-order valence-electron chi connectivity index (χ3n) is 10.3. The Bertz CT molecular complexity index is 1440. The fraction of sp³-hybridized carbons (Fsp3) is 0.553. The van der Waals surface area contributed by atoms with Gasteiger partial charge in [0, 0.05) is 5.56 Å². The summed E-state index contributed by atoms with van der Waals surface area (Å²) in [4.78, 5) is 45.0. The average molecular weight is 605 g/mol. The monoisotopic (exact) mass is 604 g/mol. The summed E-state index contributed by atoms with van der Waals surface area (Å²) in [7, 11) is 0. The van der Waals surface area contributed by atoms with E-state index in [9.17, 15) is 24.9 Å². The van der Waals surface area contributed by atoms with Gasteiger partial charge in [-0.05, 0) is 115 Å². The predicted molar refractivity (Wildman–Crippen MR) is 176 cm³/mol. The Morgan fingerprint density at radius 3 is 2.00 bits per heavy atom. The Balaban J connectivity index is 2.46. The smallest absolute Gasteiger partial charge is 0.184 e. The SMILES string of the molecule is CC(C)=CCC(C[C@@]12CC(CC=C(C)C)C(C)(C)[C@@](CC=C(C)C)(C(=O)/C(=C(/O)c3ccc(O)c(O)c3)C1=O)C2=O)C(C)C. The first kappa shape index (κ1) is 35.1. The van der Waals surface area contributed by atoms with Gasteiger partial charge in [-0.25, -0.2) is 0 Å². The van der Waals surface area contributed by atoms with Crippen LogP contribution in [0.3, 0.4) is 0 Å². The summed E-state index contributed by atoms with van der Waals surface area (Å²) < 4.78 is 0. The molecule has 240 valence electrons. The molecule has 2 bridgehead atoms. The number of benzene rings is 1. The molecular formula is C38H52O6. The lowest BCUT2D eigenvalue weighted by molar-refractivity contribution is -0.177. The second-order valence-corrected chi connectivity index (χ2v) is 14.8. The minimum atomic E-state index is -1.59. The van der Waals surface area contributed by atoms with Crippen LogP contribution in [0.4, 0.5) is 0 Å². The zero-order chi connectivity index (χ0) is 33.4. The number of ketones is 3. The Kier molecular flexibility index (Phi) is 10.3. The fourth-order valence-corrected chi connectivity index (χ4v) is 7.25. The lowest BCUT2D eigenvalue weighted by atomic mass is 9.38. The molecule has 2 fully saturated rings. The molecule has 0 saturated heterocycles. The van der Waals surface area contributed by atoms with E-state index < -0.39 is 45.1 Å². The van der Waals surface area contributed by atoms with Crippen molar-refractivity contribution in [2.45, 2.75) is 101 Å². The van der Waals surface area contributed by atoms with Crippen molar-refractivity contribution >= 4 is 23.1 Å². The maximum absolute atomic E-state index is 15.2. The summed E-state index contributed by atoms with van der Waals surface area (Å²) in [5.74, 6) is -3.08. The van der Waals surface area contributed by atoms with Crippen molar-refractivity contribution in [3.8, 4) is 11.5 Å². The van der Waals surface area contributed by atoms with Gasteiger partial charge in [-0.2, -0.15) is 0 Å². The minimum Gasteiger partial charge on any atom is -0.506 e. The van der Waals surface area contributed by atoms with E-state index in [1.165, 1.54) is 12.1 Å². The summed E-state index contributed by atoms with van der Waals surface area (Å²) in [5, 5.41) is 31.8. The van der Waals surface area contributed by atoms with Gasteiger partial charge in [0.25, 0.3) is 0 Å². The molecule has 0 spiro atoms. The highest BCUT2D eigenvalue weighted by Gasteiger charge is 2.74. The summed E-state index contributed by atoms with van der Waals surface area (Å²) in [6.45, 7) is 20.1. The average Bonchev–Trinajstić information content (AvgIpc) is 2.91. The number of fused-ring (bicyclic) bond motifs is 2. The lowest BCUT2D eigenvalue weighted by Gasteiger charge is -2.61. The number of Topliss-reactive ketones (excluding diaryl/α,β-unsaturated/α-hetero) is 3. The molecule has 4 atom stereocenters. The van der Waals surface area contributed by atoms with Crippen LogP contribution in [-0.4, -0.2) is 32.7 Å². The first-order valence-corrected chi connectivity index (χ1v) is 15.8. The van der Waals surface area contributed by atoms with Crippen molar-refractivity contribution in [2.24, 2.45) is 34.0 Å². The summed E-state index contributed by atoms with van der Waals surface area (Å²) in [6, 6.07) is 3.69. The molecule has 0 heterocycles. The number of carbonyl (C=O) groups excluding carboxylic acids is 3. The molecule has 44 heavy (non-hydrogen) atoms. The van der Waals surface area contributed by atoms with E-state index in [4.69, 9.17) is 0 Å². The van der Waals surface area contributed by atoms with E-state index in [1.807, 2.05) is 61.5 Å². The normalized spacial score (nSPS) is 26.2. The van der Waals surface area contributed by atoms with Crippen molar-refractivity contribution in [1.82, 2.24) is 0 Å². The van der Waals surface area contributed by atoms with Crippen LogP contribution in [0.25, 0.3) is 5.76 Å². The third kappa shape index (κ3) is 6.09. The van der Waals surface area contributed by atoms with E-state index in [1.54, 1.807) is 0 Å². The third-order valence-corrected chi connectivity index (χ3v) is 10.3. The lowest BCUT2D eigenvalue weighted by Crippen LogP contribution is -2.70. The van der Waals surface area contributed by atoms with Gasteiger partial charge in [-0.15, -0.1) is 0 Å². The van der Waals surface area contributed by atoms with E-state index in [2.05, 4.69) is 26.0 Å². The Labute approximate surface area is 263 Å². The van der Waals surface area contributed by atoms with Crippen LogP contribution in [0.1, 0.15) is 107 Å². The fourth-order valence-electron chi connectivity index (χ4n) is 7.25. The topological polar surface area (TPSA) is 112 Å². The van der Waals surface area contributed by atoms with Gasteiger partial charge in [0.05, 0.1) is 5.41 Å². The van der Waals surface area contributed by atoms with Crippen LogP contribution in [-0.2, 0) is 14.4 Å². The van der Waals surface area contributed by atoms with Crippen molar-refractivity contribution in [1.29, 1.82) is 0 Å². The predicted octanol–water partition coefficient (Wildman–Crippen LogP) is 8.84. The second kappa shape index (κ2) is 12.9. The number of aliphatic hydroxyl groups is 1.